The maximum Gasteiger partial charge on any atom is 0.289 e. The van der Waals surface area contributed by atoms with Crippen molar-refractivity contribution in [1.29, 1.82) is 0 Å². The lowest BCUT2D eigenvalue weighted by molar-refractivity contribution is 0.106. The van der Waals surface area contributed by atoms with E-state index in [1.54, 1.807) is 0 Å². The summed E-state index contributed by atoms with van der Waals surface area (Å²) in [6.45, 7) is 0.242. The number of aromatic nitrogens is 2. The number of alkyl halides is 1. The lowest BCUT2D eigenvalue weighted by Gasteiger charge is -2.09. The zero-order valence-electron chi connectivity index (χ0n) is 12.1. The maximum atomic E-state index is 11.9. The first-order valence-electron chi connectivity index (χ1n) is 6.68. The van der Waals surface area contributed by atoms with Crippen molar-refractivity contribution in [2.45, 2.75) is 13.2 Å². The van der Waals surface area contributed by atoms with Crippen molar-refractivity contribution < 1.29 is 13.9 Å². The van der Waals surface area contributed by atoms with E-state index in [4.69, 9.17) is 21.1 Å². The van der Waals surface area contributed by atoms with Gasteiger partial charge in [0.2, 0.25) is 0 Å². The Morgan fingerprint density at radius 2 is 1.86 bits per heavy atom. The molecule has 0 amide bonds. The van der Waals surface area contributed by atoms with Gasteiger partial charge in [0.25, 0.3) is 5.56 Å². The van der Waals surface area contributed by atoms with Gasteiger partial charge in [-0.15, -0.1) is 0 Å². The average molecular weight is 327 g/mol. The van der Waals surface area contributed by atoms with Crippen molar-refractivity contribution >= 4 is 11.6 Å². The predicted octanol–water partition coefficient (Wildman–Crippen LogP) is 2.50. The summed E-state index contributed by atoms with van der Waals surface area (Å²) in [4.78, 5) is 11.6. The Hall–Kier alpha value is -1.92. The molecule has 0 aliphatic heterocycles. The highest BCUT2D eigenvalue weighted by atomic mass is 35.5. The lowest BCUT2D eigenvalue weighted by Crippen LogP contribution is -2.20. The topological polar surface area (TPSA) is 53.4 Å². The molecule has 1 aromatic heterocycles. The fourth-order valence-electron chi connectivity index (χ4n) is 1.73. The third-order valence-electron chi connectivity index (χ3n) is 2.95. The second kappa shape index (κ2) is 7.91. The molecule has 0 bridgehead atoms. The van der Waals surface area contributed by atoms with Gasteiger partial charge in [-0.3, -0.25) is 4.79 Å². The summed E-state index contributed by atoms with van der Waals surface area (Å²) in [5.74, 6) is 0.250. The van der Waals surface area contributed by atoms with Crippen molar-refractivity contribution in [2.24, 2.45) is 7.05 Å². The molecule has 0 aliphatic rings. The van der Waals surface area contributed by atoms with Crippen LogP contribution in [0.25, 0.3) is 0 Å². The van der Waals surface area contributed by atoms with Gasteiger partial charge in [-0.2, -0.15) is 5.10 Å². The molecule has 0 saturated heterocycles. The lowest BCUT2D eigenvalue weighted by atomic mass is 10.1. The smallest absolute Gasteiger partial charge is 0.289 e. The van der Waals surface area contributed by atoms with Gasteiger partial charge < -0.3 is 9.47 Å². The van der Waals surface area contributed by atoms with E-state index in [0.29, 0.717) is 6.61 Å². The first-order valence-corrected chi connectivity index (χ1v) is 7.05. The predicted molar refractivity (Wildman–Crippen MR) is 80.9 cm³/mol. The summed E-state index contributed by atoms with van der Waals surface area (Å²) in [6, 6.07) is 7.49. The largest absolute Gasteiger partial charge is 0.485 e. The monoisotopic (exact) mass is 326 g/mol. The zero-order valence-corrected chi connectivity index (χ0v) is 12.8. The number of rotatable bonds is 7. The van der Waals surface area contributed by atoms with Crippen LogP contribution in [-0.2, 0) is 25.0 Å². The van der Waals surface area contributed by atoms with E-state index in [0.717, 1.165) is 15.8 Å². The molecule has 1 aromatic carbocycles. The number of ether oxygens (including phenoxy) is 2. The summed E-state index contributed by atoms with van der Waals surface area (Å²) in [5.41, 5.74) is 1.45. The van der Waals surface area contributed by atoms with Crippen molar-refractivity contribution in [2.75, 3.05) is 13.3 Å². The second-order valence-electron chi connectivity index (χ2n) is 4.60. The number of nitrogens with zero attached hydrogens (tertiary/aromatic N) is 2. The van der Waals surface area contributed by atoms with Gasteiger partial charge in [0, 0.05) is 7.05 Å². The van der Waals surface area contributed by atoms with Gasteiger partial charge >= 0.3 is 0 Å². The average Bonchev–Trinajstić information content (AvgIpc) is 2.53. The minimum absolute atomic E-state index is 0.00809. The Kier molecular flexibility index (Phi) is 5.91. The third kappa shape index (κ3) is 4.29. The molecule has 7 heteroatoms. The SMILES string of the molecule is Cn1ncc(OCc2ccc(COCCF)cc2)c(Cl)c1=O. The van der Waals surface area contributed by atoms with Crippen LogP contribution >= 0.6 is 11.6 Å². The molecule has 0 saturated carbocycles. The number of aryl methyl sites for hydroxylation is 1. The summed E-state index contributed by atoms with van der Waals surface area (Å²) in [5, 5.41) is 3.86. The van der Waals surface area contributed by atoms with E-state index >= 15 is 0 Å². The van der Waals surface area contributed by atoms with Gasteiger partial charge in [0.15, 0.2) is 10.8 Å². The molecule has 0 unspecified atom stereocenters. The van der Waals surface area contributed by atoms with Crippen LogP contribution in [0.1, 0.15) is 11.1 Å². The molecular formula is C15H16ClFN2O3. The van der Waals surface area contributed by atoms with Crippen LogP contribution in [0, 0.1) is 0 Å². The first-order chi connectivity index (χ1) is 10.6. The molecule has 0 aliphatic carbocycles. The molecule has 0 spiro atoms. The second-order valence-corrected chi connectivity index (χ2v) is 4.98. The standard InChI is InChI=1S/C15H16ClFN2O3/c1-19-15(20)14(16)13(8-18-19)22-10-12-4-2-11(3-5-12)9-21-7-6-17/h2-5,8H,6-7,9-10H2,1H3. The van der Waals surface area contributed by atoms with Crippen LogP contribution in [0.15, 0.2) is 35.3 Å². The highest BCUT2D eigenvalue weighted by Crippen LogP contribution is 2.19. The van der Waals surface area contributed by atoms with Crippen molar-refractivity contribution in [3.05, 3.63) is 57.0 Å². The Labute approximate surface area is 132 Å². The summed E-state index contributed by atoms with van der Waals surface area (Å²) in [6.07, 6.45) is 1.41. The van der Waals surface area contributed by atoms with Crippen LogP contribution in [0.5, 0.6) is 5.75 Å². The third-order valence-corrected chi connectivity index (χ3v) is 3.30. The minimum Gasteiger partial charge on any atom is -0.485 e. The molecule has 2 rings (SSSR count). The summed E-state index contributed by atoms with van der Waals surface area (Å²) >= 11 is 5.92. The molecule has 5 nitrogen and oxygen atoms in total. The summed E-state index contributed by atoms with van der Waals surface area (Å²) < 4.78 is 23.7. The van der Waals surface area contributed by atoms with Gasteiger partial charge in [0.1, 0.15) is 13.3 Å². The Morgan fingerprint density at radius 1 is 1.23 bits per heavy atom. The van der Waals surface area contributed by atoms with Gasteiger partial charge in [-0.25, -0.2) is 9.07 Å². The molecule has 22 heavy (non-hydrogen) atoms. The quantitative estimate of drug-likeness (QED) is 0.734. The van der Waals surface area contributed by atoms with E-state index in [-0.39, 0.29) is 24.0 Å². The Morgan fingerprint density at radius 3 is 2.50 bits per heavy atom. The minimum atomic E-state index is -0.489. The molecule has 1 heterocycles. The highest BCUT2D eigenvalue weighted by Gasteiger charge is 2.08. The molecule has 0 N–H and O–H groups in total. The van der Waals surface area contributed by atoms with Crippen LogP contribution in [0.2, 0.25) is 5.02 Å². The number of hydrogen-bond donors (Lipinski definition) is 0. The van der Waals surface area contributed by atoms with Gasteiger partial charge in [-0.1, -0.05) is 35.9 Å². The normalized spacial score (nSPS) is 10.7. The van der Waals surface area contributed by atoms with E-state index in [1.165, 1.54) is 13.2 Å². The Bertz CT molecular complexity index is 673. The van der Waals surface area contributed by atoms with Crippen LogP contribution in [-0.4, -0.2) is 23.1 Å². The molecule has 0 radical (unpaired) electrons. The van der Waals surface area contributed by atoms with E-state index in [9.17, 15) is 9.18 Å². The highest BCUT2D eigenvalue weighted by molar-refractivity contribution is 6.31. The maximum absolute atomic E-state index is 11.9. The van der Waals surface area contributed by atoms with E-state index in [2.05, 4.69) is 5.10 Å². The molecule has 0 atom stereocenters. The molecular weight excluding hydrogens is 311 g/mol. The van der Waals surface area contributed by atoms with Crippen molar-refractivity contribution in [3.8, 4) is 5.75 Å². The fourth-order valence-corrected chi connectivity index (χ4v) is 1.96. The van der Waals surface area contributed by atoms with Crippen LogP contribution < -0.4 is 10.3 Å². The van der Waals surface area contributed by atoms with E-state index < -0.39 is 12.2 Å². The molecule has 0 fully saturated rings. The first kappa shape index (κ1) is 16.5. The Balaban J connectivity index is 1.94. The number of benzene rings is 1. The van der Waals surface area contributed by atoms with Crippen molar-refractivity contribution in [1.82, 2.24) is 9.78 Å². The molecule has 118 valence electrons. The van der Waals surface area contributed by atoms with Gasteiger partial charge in [0.05, 0.1) is 19.4 Å². The van der Waals surface area contributed by atoms with Crippen LogP contribution in [0.4, 0.5) is 4.39 Å². The zero-order chi connectivity index (χ0) is 15.9. The van der Waals surface area contributed by atoms with Gasteiger partial charge in [-0.05, 0) is 11.1 Å². The van der Waals surface area contributed by atoms with Crippen LogP contribution in [0.3, 0.4) is 0 Å². The number of halogens is 2. The fraction of sp³-hybridized carbons (Fsp3) is 0.333. The van der Waals surface area contributed by atoms with Crippen molar-refractivity contribution in [3.63, 3.8) is 0 Å². The molecule has 2 aromatic rings. The summed E-state index contributed by atoms with van der Waals surface area (Å²) in [7, 11) is 1.52. The van der Waals surface area contributed by atoms with E-state index in [1.807, 2.05) is 24.3 Å². The number of hydrogen-bond acceptors (Lipinski definition) is 4.